The van der Waals surface area contributed by atoms with Crippen molar-refractivity contribution in [2.75, 3.05) is 4.90 Å². The largest absolute Gasteiger partial charge is 0.478 e. The lowest BCUT2D eigenvalue weighted by molar-refractivity contribution is -0.131. The number of hydrogen-bond donors (Lipinski definition) is 1. The Hall–Kier alpha value is -3.40. The Kier molecular flexibility index (Phi) is 6.00. The predicted molar refractivity (Wildman–Crippen MR) is 106 cm³/mol. The molecule has 0 spiro atoms. The van der Waals surface area contributed by atoms with Crippen molar-refractivity contribution in [3.05, 3.63) is 107 Å². The number of hydrogen-bond acceptors (Lipinski definition) is 2. The molecule has 0 aliphatic rings. The number of nitrogens with zero attached hydrogens (tertiary/aromatic N) is 1. The van der Waals surface area contributed by atoms with E-state index in [1.165, 1.54) is 12.1 Å². The van der Waals surface area contributed by atoms with Gasteiger partial charge >= 0.3 is 5.97 Å². The molecule has 3 nitrogen and oxygen atoms in total. The number of carbonyl (C=O) groups is 1. The van der Waals surface area contributed by atoms with Crippen molar-refractivity contribution in [1.82, 2.24) is 0 Å². The number of carboxylic acids is 1. The fourth-order valence-corrected chi connectivity index (χ4v) is 2.88. The van der Waals surface area contributed by atoms with E-state index < -0.39 is 5.97 Å². The van der Waals surface area contributed by atoms with Gasteiger partial charge in [-0.3, -0.25) is 0 Å². The molecule has 0 aliphatic heterocycles. The maximum absolute atomic E-state index is 14.6. The first kappa shape index (κ1) is 18.4. The van der Waals surface area contributed by atoms with Gasteiger partial charge < -0.3 is 10.0 Å². The van der Waals surface area contributed by atoms with Crippen LogP contribution in [0.2, 0.25) is 0 Å². The molecule has 0 radical (unpaired) electrons. The minimum Gasteiger partial charge on any atom is -0.478 e. The van der Waals surface area contributed by atoms with Crippen LogP contribution in [0.15, 0.2) is 84.9 Å². The van der Waals surface area contributed by atoms with E-state index in [9.17, 15) is 9.18 Å². The summed E-state index contributed by atoms with van der Waals surface area (Å²) in [5.74, 6) is -1.37. The van der Waals surface area contributed by atoms with Crippen molar-refractivity contribution in [2.24, 2.45) is 0 Å². The molecule has 0 fully saturated rings. The normalized spacial score (nSPS) is 10.9. The van der Waals surface area contributed by atoms with Crippen LogP contribution in [0, 0.1) is 5.82 Å². The first-order valence-corrected chi connectivity index (χ1v) is 8.65. The minimum atomic E-state index is -1.04. The monoisotopic (exact) mass is 361 g/mol. The zero-order valence-electron chi connectivity index (χ0n) is 14.8. The van der Waals surface area contributed by atoms with Gasteiger partial charge in [0.1, 0.15) is 5.82 Å². The maximum Gasteiger partial charge on any atom is 0.328 e. The van der Waals surface area contributed by atoms with Crippen LogP contribution in [-0.2, 0) is 17.9 Å². The first-order chi connectivity index (χ1) is 13.1. The Morgan fingerprint density at radius 2 is 1.44 bits per heavy atom. The summed E-state index contributed by atoms with van der Waals surface area (Å²) in [4.78, 5) is 12.7. The second kappa shape index (κ2) is 8.81. The molecule has 136 valence electrons. The summed E-state index contributed by atoms with van der Waals surface area (Å²) in [5.41, 5.74) is 3.22. The molecule has 0 aliphatic carbocycles. The molecule has 0 atom stereocenters. The van der Waals surface area contributed by atoms with Gasteiger partial charge in [0.25, 0.3) is 0 Å². The molecule has 0 amide bonds. The smallest absolute Gasteiger partial charge is 0.328 e. The third-order valence-electron chi connectivity index (χ3n) is 4.16. The van der Waals surface area contributed by atoms with Gasteiger partial charge in [-0.1, -0.05) is 66.7 Å². The van der Waals surface area contributed by atoms with E-state index in [1.54, 1.807) is 12.1 Å². The van der Waals surface area contributed by atoms with Crippen molar-refractivity contribution < 1.29 is 14.3 Å². The molecule has 4 heteroatoms. The summed E-state index contributed by atoms with van der Waals surface area (Å²) in [6, 6.07) is 24.4. The second-order valence-electron chi connectivity index (χ2n) is 6.21. The Bertz CT molecular complexity index is 882. The van der Waals surface area contributed by atoms with E-state index in [0.29, 0.717) is 24.3 Å². The van der Waals surface area contributed by atoms with Gasteiger partial charge in [0.05, 0.1) is 5.69 Å². The van der Waals surface area contributed by atoms with E-state index in [4.69, 9.17) is 5.11 Å². The Morgan fingerprint density at radius 1 is 0.889 bits per heavy atom. The molecular weight excluding hydrogens is 341 g/mol. The summed E-state index contributed by atoms with van der Waals surface area (Å²) < 4.78 is 14.6. The number of carboxylic acid groups (broad SMARTS) is 1. The van der Waals surface area contributed by atoms with E-state index in [1.807, 2.05) is 65.6 Å². The first-order valence-electron chi connectivity index (χ1n) is 8.65. The van der Waals surface area contributed by atoms with E-state index in [2.05, 4.69) is 0 Å². The molecule has 0 heterocycles. The molecule has 0 aromatic heterocycles. The van der Waals surface area contributed by atoms with E-state index >= 15 is 0 Å². The lowest BCUT2D eigenvalue weighted by Gasteiger charge is -2.26. The van der Waals surface area contributed by atoms with Crippen LogP contribution in [-0.4, -0.2) is 11.1 Å². The lowest BCUT2D eigenvalue weighted by atomic mass is 10.1. The molecule has 0 saturated heterocycles. The molecule has 27 heavy (non-hydrogen) atoms. The Labute approximate surface area is 158 Å². The number of anilines is 1. The highest BCUT2D eigenvalue weighted by atomic mass is 19.1. The van der Waals surface area contributed by atoms with Gasteiger partial charge in [0.15, 0.2) is 0 Å². The van der Waals surface area contributed by atoms with Crippen LogP contribution in [0.25, 0.3) is 6.08 Å². The quantitative estimate of drug-likeness (QED) is 0.593. The van der Waals surface area contributed by atoms with Gasteiger partial charge in [-0.15, -0.1) is 0 Å². The molecule has 0 saturated carbocycles. The Morgan fingerprint density at radius 3 is 1.96 bits per heavy atom. The van der Waals surface area contributed by atoms with Crippen LogP contribution >= 0.6 is 0 Å². The van der Waals surface area contributed by atoms with Crippen LogP contribution in [0.5, 0.6) is 0 Å². The maximum atomic E-state index is 14.6. The Balaban J connectivity index is 1.96. The highest BCUT2D eigenvalue weighted by molar-refractivity contribution is 5.85. The van der Waals surface area contributed by atoms with Gasteiger partial charge in [0, 0.05) is 19.2 Å². The van der Waals surface area contributed by atoms with Crippen molar-refractivity contribution in [3.8, 4) is 0 Å². The molecular formula is C23H20FNO2. The number of aliphatic carboxylic acids is 1. The molecule has 3 rings (SSSR count). The van der Waals surface area contributed by atoms with Crippen molar-refractivity contribution >= 4 is 17.7 Å². The van der Waals surface area contributed by atoms with Gasteiger partial charge in [-0.2, -0.15) is 0 Å². The second-order valence-corrected chi connectivity index (χ2v) is 6.21. The average molecular weight is 361 g/mol. The molecule has 3 aromatic rings. The number of halogens is 1. The van der Waals surface area contributed by atoms with Crippen LogP contribution in [0.4, 0.5) is 10.1 Å². The van der Waals surface area contributed by atoms with Crippen molar-refractivity contribution in [1.29, 1.82) is 0 Å². The summed E-state index contributed by atoms with van der Waals surface area (Å²) in [6.07, 6.45) is 2.52. The van der Waals surface area contributed by atoms with Crippen LogP contribution in [0.3, 0.4) is 0 Å². The predicted octanol–water partition coefficient (Wildman–Crippen LogP) is 5.13. The fraction of sp³-hybridized carbons (Fsp3) is 0.0870. The zero-order valence-corrected chi connectivity index (χ0v) is 14.8. The molecule has 3 aromatic carbocycles. The number of benzene rings is 3. The van der Waals surface area contributed by atoms with Crippen LogP contribution in [0.1, 0.15) is 16.7 Å². The molecule has 0 bridgehead atoms. The summed E-state index contributed by atoms with van der Waals surface area (Å²) in [6.45, 7) is 1.08. The van der Waals surface area contributed by atoms with Gasteiger partial charge in [-0.25, -0.2) is 9.18 Å². The zero-order chi connectivity index (χ0) is 19.1. The SMILES string of the molecule is O=C(O)/C=C/c1ccc(F)c(N(Cc2ccccc2)Cc2ccccc2)c1. The fourth-order valence-electron chi connectivity index (χ4n) is 2.88. The molecule has 1 N–H and O–H groups in total. The third-order valence-corrected chi connectivity index (χ3v) is 4.16. The molecule has 0 unspecified atom stereocenters. The third kappa shape index (κ3) is 5.28. The van der Waals surface area contributed by atoms with Crippen molar-refractivity contribution in [2.45, 2.75) is 13.1 Å². The summed E-state index contributed by atoms with van der Waals surface area (Å²) >= 11 is 0. The standard InChI is InChI=1S/C23H20FNO2/c24-21-13-11-18(12-14-23(26)27)15-22(21)25(16-19-7-3-1-4-8-19)17-20-9-5-2-6-10-20/h1-15H,16-17H2,(H,26,27)/b14-12+. The summed E-state index contributed by atoms with van der Waals surface area (Å²) in [5, 5.41) is 8.83. The lowest BCUT2D eigenvalue weighted by Crippen LogP contribution is -2.23. The highest BCUT2D eigenvalue weighted by Crippen LogP contribution is 2.25. The number of rotatable bonds is 7. The van der Waals surface area contributed by atoms with Crippen LogP contribution < -0.4 is 4.90 Å². The highest BCUT2D eigenvalue weighted by Gasteiger charge is 2.13. The van der Waals surface area contributed by atoms with E-state index in [0.717, 1.165) is 17.2 Å². The van der Waals surface area contributed by atoms with Crippen molar-refractivity contribution in [3.63, 3.8) is 0 Å². The minimum absolute atomic E-state index is 0.339. The van der Waals surface area contributed by atoms with Gasteiger partial charge in [-0.05, 0) is 34.9 Å². The summed E-state index contributed by atoms with van der Waals surface area (Å²) in [7, 11) is 0. The average Bonchev–Trinajstić information content (AvgIpc) is 2.68. The topological polar surface area (TPSA) is 40.5 Å². The van der Waals surface area contributed by atoms with Gasteiger partial charge in [0.2, 0.25) is 0 Å². The van der Waals surface area contributed by atoms with E-state index in [-0.39, 0.29) is 5.82 Å².